The zero-order valence-electron chi connectivity index (χ0n) is 17.2. The molecule has 3 rings (SSSR count). The summed E-state index contributed by atoms with van der Waals surface area (Å²) in [7, 11) is 1.45. The molecule has 2 N–H and O–H groups in total. The molecule has 0 heterocycles. The zero-order chi connectivity index (χ0) is 21.5. The van der Waals surface area contributed by atoms with E-state index in [1.54, 1.807) is 30.3 Å². The minimum Gasteiger partial charge on any atom is -0.457 e. The molecule has 0 bridgehead atoms. The predicted molar refractivity (Wildman–Crippen MR) is 114 cm³/mol. The van der Waals surface area contributed by atoms with Crippen LogP contribution in [0, 0.1) is 17.4 Å². The molecule has 2 aromatic carbocycles. The fraction of sp³-hybridized carbons (Fsp3) is 0.375. The minimum atomic E-state index is -0.680. The van der Waals surface area contributed by atoms with Crippen molar-refractivity contribution in [3.63, 3.8) is 0 Å². The highest BCUT2D eigenvalue weighted by molar-refractivity contribution is 5.98. The number of rotatable bonds is 7. The average molecular weight is 405 g/mol. The highest BCUT2D eigenvalue weighted by Gasteiger charge is 2.33. The molecule has 1 aliphatic rings. The van der Waals surface area contributed by atoms with Crippen LogP contribution < -0.4 is 10.5 Å². The van der Waals surface area contributed by atoms with Crippen molar-refractivity contribution >= 4 is 11.8 Å². The van der Waals surface area contributed by atoms with E-state index < -0.39 is 11.8 Å². The van der Waals surface area contributed by atoms with Gasteiger partial charge >= 0.3 is 0 Å². The van der Waals surface area contributed by atoms with Crippen LogP contribution in [-0.4, -0.2) is 23.8 Å². The molecule has 2 amide bonds. The van der Waals surface area contributed by atoms with Crippen molar-refractivity contribution < 1.29 is 14.3 Å². The molecule has 6 heteroatoms. The SMILES string of the molecule is CN(C#N)C(=O)[C@@H](CC1CCCCC1)c1c(Oc2ccccc2)cccc1C(N)=O. The van der Waals surface area contributed by atoms with Gasteiger partial charge in [-0.1, -0.05) is 56.4 Å². The van der Waals surface area contributed by atoms with Gasteiger partial charge in [0, 0.05) is 18.2 Å². The number of carbonyl (C=O) groups is 2. The predicted octanol–water partition coefficient (Wildman–Crippen LogP) is 4.57. The van der Waals surface area contributed by atoms with E-state index in [2.05, 4.69) is 0 Å². The van der Waals surface area contributed by atoms with Gasteiger partial charge in [-0.25, -0.2) is 0 Å². The smallest absolute Gasteiger partial charge is 0.249 e. The monoisotopic (exact) mass is 405 g/mol. The maximum Gasteiger partial charge on any atom is 0.249 e. The van der Waals surface area contributed by atoms with Crippen molar-refractivity contribution in [2.24, 2.45) is 11.7 Å². The number of nitrogens with two attached hydrogens (primary N) is 1. The maximum absolute atomic E-state index is 13.2. The molecule has 0 aliphatic heterocycles. The molecule has 1 aliphatic carbocycles. The van der Waals surface area contributed by atoms with Crippen LogP contribution in [0.15, 0.2) is 48.5 Å². The van der Waals surface area contributed by atoms with Crippen LogP contribution in [0.2, 0.25) is 0 Å². The lowest BCUT2D eigenvalue weighted by Gasteiger charge is -2.29. The van der Waals surface area contributed by atoms with Crippen LogP contribution in [0.5, 0.6) is 11.5 Å². The van der Waals surface area contributed by atoms with Crippen molar-refractivity contribution in [1.29, 1.82) is 5.26 Å². The Labute approximate surface area is 177 Å². The number of hydrogen-bond donors (Lipinski definition) is 1. The quantitative estimate of drug-likeness (QED) is 0.539. The molecule has 0 saturated heterocycles. The number of nitriles is 1. The molecule has 0 unspecified atom stereocenters. The lowest BCUT2D eigenvalue weighted by atomic mass is 9.78. The fourth-order valence-corrected chi connectivity index (χ4v) is 4.20. The van der Waals surface area contributed by atoms with Gasteiger partial charge in [0.2, 0.25) is 11.8 Å². The minimum absolute atomic E-state index is 0.254. The molecular formula is C24H27N3O3. The van der Waals surface area contributed by atoms with Gasteiger partial charge < -0.3 is 10.5 Å². The molecule has 0 spiro atoms. The van der Waals surface area contributed by atoms with Crippen LogP contribution in [0.4, 0.5) is 0 Å². The Hall–Kier alpha value is -3.33. The lowest BCUT2D eigenvalue weighted by Crippen LogP contribution is -2.31. The van der Waals surface area contributed by atoms with Gasteiger partial charge in [0.25, 0.3) is 0 Å². The number of hydrogen-bond acceptors (Lipinski definition) is 4. The Kier molecular flexibility index (Phi) is 7.08. The largest absolute Gasteiger partial charge is 0.457 e. The number of ether oxygens (including phenoxy) is 1. The van der Waals surface area contributed by atoms with Gasteiger partial charge in [-0.15, -0.1) is 0 Å². The van der Waals surface area contributed by atoms with Gasteiger partial charge in [-0.2, -0.15) is 5.26 Å². The highest BCUT2D eigenvalue weighted by atomic mass is 16.5. The number of amides is 2. The topological polar surface area (TPSA) is 96.4 Å². The molecule has 30 heavy (non-hydrogen) atoms. The average Bonchev–Trinajstić information content (AvgIpc) is 2.78. The molecule has 0 radical (unpaired) electrons. The summed E-state index contributed by atoms with van der Waals surface area (Å²) >= 11 is 0. The summed E-state index contributed by atoms with van der Waals surface area (Å²) in [6, 6.07) is 14.2. The molecular weight excluding hydrogens is 378 g/mol. The molecule has 0 aromatic heterocycles. The van der Waals surface area contributed by atoms with Crippen LogP contribution in [0.3, 0.4) is 0 Å². The van der Waals surface area contributed by atoms with E-state index in [-0.39, 0.29) is 11.5 Å². The fourth-order valence-electron chi connectivity index (χ4n) is 4.20. The number of para-hydroxylation sites is 1. The van der Waals surface area contributed by atoms with Crippen LogP contribution in [0.25, 0.3) is 0 Å². The summed E-state index contributed by atoms with van der Waals surface area (Å²) in [5.41, 5.74) is 6.39. The summed E-state index contributed by atoms with van der Waals surface area (Å²) in [4.78, 5) is 26.5. The molecule has 1 atom stereocenters. The first kappa shape index (κ1) is 21.4. The normalized spacial score (nSPS) is 15.1. The third-order valence-corrected chi connectivity index (χ3v) is 5.72. The number of benzene rings is 2. The highest BCUT2D eigenvalue weighted by Crippen LogP contribution is 2.40. The molecule has 2 aromatic rings. The summed E-state index contributed by atoms with van der Waals surface area (Å²) in [6.07, 6.45) is 7.98. The molecule has 156 valence electrons. The van der Waals surface area contributed by atoms with Crippen molar-refractivity contribution in [3.8, 4) is 17.7 Å². The van der Waals surface area contributed by atoms with Crippen molar-refractivity contribution in [3.05, 3.63) is 59.7 Å². The van der Waals surface area contributed by atoms with Gasteiger partial charge in [0.05, 0.1) is 5.92 Å². The number of nitrogens with zero attached hydrogens (tertiary/aromatic N) is 2. The van der Waals surface area contributed by atoms with Gasteiger partial charge in [-0.05, 0) is 36.6 Å². The summed E-state index contributed by atoms with van der Waals surface area (Å²) in [5.74, 6) is -0.291. The van der Waals surface area contributed by atoms with Gasteiger partial charge in [0.1, 0.15) is 11.5 Å². The molecule has 6 nitrogen and oxygen atoms in total. The molecule has 1 fully saturated rings. The Bertz CT molecular complexity index is 930. The van der Waals surface area contributed by atoms with E-state index in [9.17, 15) is 14.9 Å². The lowest BCUT2D eigenvalue weighted by molar-refractivity contribution is -0.129. The second kappa shape index (κ2) is 9.93. The second-order valence-electron chi connectivity index (χ2n) is 7.79. The van der Waals surface area contributed by atoms with E-state index in [0.29, 0.717) is 29.4 Å². The van der Waals surface area contributed by atoms with Crippen LogP contribution in [0.1, 0.15) is 60.4 Å². The first-order valence-corrected chi connectivity index (χ1v) is 10.3. The first-order valence-electron chi connectivity index (χ1n) is 10.3. The van der Waals surface area contributed by atoms with E-state index in [0.717, 1.165) is 30.6 Å². The van der Waals surface area contributed by atoms with Crippen molar-refractivity contribution in [2.75, 3.05) is 7.05 Å². The Balaban J connectivity index is 2.08. The maximum atomic E-state index is 13.2. The van der Waals surface area contributed by atoms with Crippen molar-refractivity contribution in [1.82, 2.24) is 4.90 Å². The summed E-state index contributed by atoms with van der Waals surface area (Å²) < 4.78 is 6.07. The van der Waals surface area contributed by atoms with Crippen LogP contribution in [-0.2, 0) is 4.79 Å². The van der Waals surface area contributed by atoms with E-state index in [1.165, 1.54) is 13.5 Å². The molecule has 1 saturated carbocycles. The first-order chi connectivity index (χ1) is 14.5. The standard InChI is InChI=1S/C24H27N3O3/c1-27(16-25)24(29)20(15-17-9-4-2-5-10-17)22-19(23(26)28)13-8-14-21(22)30-18-11-6-3-7-12-18/h3,6-8,11-14,17,20H,2,4-5,9-10,15H2,1H3,(H2,26,28)/t20-/m0/s1. The van der Waals surface area contributed by atoms with Crippen LogP contribution >= 0.6 is 0 Å². The second-order valence-corrected chi connectivity index (χ2v) is 7.79. The van der Waals surface area contributed by atoms with Gasteiger partial charge in [-0.3, -0.25) is 14.5 Å². The zero-order valence-corrected chi connectivity index (χ0v) is 17.2. The Morgan fingerprint density at radius 1 is 1.13 bits per heavy atom. The Morgan fingerprint density at radius 2 is 1.83 bits per heavy atom. The Morgan fingerprint density at radius 3 is 2.47 bits per heavy atom. The summed E-state index contributed by atoms with van der Waals surface area (Å²) in [5, 5.41) is 9.32. The number of carbonyl (C=O) groups excluding carboxylic acids is 2. The van der Waals surface area contributed by atoms with E-state index in [4.69, 9.17) is 10.5 Å². The van der Waals surface area contributed by atoms with Crippen molar-refractivity contribution in [2.45, 2.75) is 44.4 Å². The number of primary amides is 1. The third-order valence-electron chi connectivity index (χ3n) is 5.72. The summed E-state index contributed by atoms with van der Waals surface area (Å²) in [6.45, 7) is 0. The van der Waals surface area contributed by atoms with E-state index >= 15 is 0 Å². The third kappa shape index (κ3) is 4.98. The van der Waals surface area contributed by atoms with E-state index in [1.807, 2.05) is 24.4 Å². The van der Waals surface area contributed by atoms with Gasteiger partial charge in [0.15, 0.2) is 6.19 Å². The number of likely N-dealkylation sites (N-methyl/N-ethyl adjacent to an activating group) is 1.